The quantitative estimate of drug-likeness (QED) is 0.839. The summed E-state index contributed by atoms with van der Waals surface area (Å²) in [5, 5.41) is 3.16. The van der Waals surface area contributed by atoms with Crippen LogP contribution < -0.4 is 5.32 Å². The van der Waals surface area contributed by atoms with Gasteiger partial charge in [0.2, 0.25) is 0 Å². The van der Waals surface area contributed by atoms with Crippen LogP contribution in [0.4, 0.5) is 10.1 Å². The van der Waals surface area contributed by atoms with Gasteiger partial charge in [-0.3, -0.25) is 4.98 Å². The van der Waals surface area contributed by atoms with Gasteiger partial charge in [-0.1, -0.05) is 24.4 Å². The van der Waals surface area contributed by atoms with E-state index in [2.05, 4.69) is 10.3 Å². The van der Waals surface area contributed by atoms with Crippen molar-refractivity contribution in [3.63, 3.8) is 0 Å². The molecule has 0 aliphatic carbocycles. The first-order valence-electron chi connectivity index (χ1n) is 6.20. The number of fused-ring (bicyclic) bond motifs is 1. The van der Waals surface area contributed by atoms with Crippen LogP contribution in [0.15, 0.2) is 36.7 Å². The topological polar surface area (TPSA) is 24.9 Å². The van der Waals surface area contributed by atoms with Gasteiger partial charge in [-0.05, 0) is 35.2 Å². The van der Waals surface area contributed by atoms with Crippen LogP contribution in [0.3, 0.4) is 0 Å². The number of halogens is 1. The molecule has 2 nitrogen and oxygen atoms in total. The minimum atomic E-state index is -0.470. The first-order valence-corrected chi connectivity index (χ1v) is 6.61. The number of thiocarbonyl (C=S) groups is 1. The first-order chi connectivity index (χ1) is 9.29. The lowest BCUT2D eigenvalue weighted by Gasteiger charge is -2.23. The van der Waals surface area contributed by atoms with Gasteiger partial charge in [0.05, 0.1) is 4.99 Å². The van der Waals surface area contributed by atoms with E-state index in [9.17, 15) is 4.39 Å². The summed E-state index contributed by atoms with van der Waals surface area (Å²) in [6.07, 6.45) is 5.07. The molecule has 1 aliphatic rings. The summed E-state index contributed by atoms with van der Waals surface area (Å²) in [7, 11) is 0. The number of rotatable bonds is 2. The Bertz CT molecular complexity index is 626. The van der Waals surface area contributed by atoms with Crippen LogP contribution in [0.2, 0.25) is 0 Å². The van der Waals surface area contributed by atoms with Crippen LogP contribution >= 0.6 is 12.2 Å². The Hall–Kier alpha value is -1.81. The van der Waals surface area contributed by atoms with Crippen LogP contribution in [0.5, 0.6) is 0 Å². The maximum Gasteiger partial charge on any atom is 0.115 e. The summed E-state index contributed by atoms with van der Waals surface area (Å²) < 4.78 is 13.5. The molecular weight excluding hydrogens is 259 g/mol. The fourth-order valence-corrected chi connectivity index (χ4v) is 2.70. The van der Waals surface area contributed by atoms with Gasteiger partial charge in [0.1, 0.15) is 6.67 Å². The molecule has 2 aromatic rings. The highest BCUT2D eigenvalue weighted by Crippen LogP contribution is 2.34. The van der Waals surface area contributed by atoms with Crippen LogP contribution in [-0.2, 0) is 13.1 Å². The minimum absolute atomic E-state index is 0.470. The summed E-state index contributed by atoms with van der Waals surface area (Å²) in [5.41, 5.74) is 4.60. The fraction of sp³-hybridized carbons (Fsp3) is 0.200. The molecule has 4 heteroatoms. The van der Waals surface area contributed by atoms with Gasteiger partial charge in [0.15, 0.2) is 0 Å². The van der Waals surface area contributed by atoms with E-state index in [0.717, 1.165) is 45.8 Å². The van der Waals surface area contributed by atoms with Crippen molar-refractivity contribution in [2.45, 2.75) is 19.5 Å². The predicted molar refractivity (Wildman–Crippen MR) is 79.0 cm³/mol. The highest BCUT2D eigenvalue weighted by atomic mass is 32.1. The third kappa shape index (κ3) is 2.24. The molecule has 0 radical (unpaired) electrons. The van der Waals surface area contributed by atoms with Crippen molar-refractivity contribution in [2.75, 3.05) is 5.32 Å². The average molecular weight is 272 g/mol. The standard InChI is InChI=1S/C15H13FN2S/c16-8-13-11(10-2-1-7-17-9-10)3-5-14-12(13)4-6-15(19)18-14/h1-3,5,7,9H,4,6,8H2,(H,18,19). The normalized spacial score (nSPS) is 13.8. The van der Waals surface area contributed by atoms with Crippen molar-refractivity contribution in [1.29, 1.82) is 0 Å². The number of nitrogens with zero attached hydrogens (tertiary/aromatic N) is 1. The van der Waals surface area contributed by atoms with Crippen molar-refractivity contribution in [3.05, 3.63) is 47.8 Å². The van der Waals surface area contributed by atoms with Crippen LogP contribution in [0, 0.1) is 0 Å². The smallest absolute Gasteiger partial charge is 0.115 e. The molecule has 0 unspecified atom stereocenters. The van der Waals surface area contributed by atoms with Gasteiger partial charge in [-0.15, -0.1) is 0 Å². The Balaban J connectivity index is 2.15. The molecule has 2 heterocycles. The van der Waals surface area contributed by atoms with E-state index in [0.29, 0.717) is 0 Å². The Morgan fingerprint density at radius 3 is 2.89 bits per heavy atom. The Morgan fingerprint density at radius 1 is 1.26 bits per heavy atom. The summed E-state index contributed by atoms with van der Waals surface area (Å²) in [4.78, 5) is 4.93. The van der Waals surface area contributed by atoms with E-state index < -0.39 is 6.67 Å². The van der Waals surface area contributed by atoms with E-state index in [-0.39, 0.29) is 0 Å². The second kappa shape index (κ2) is 5.05. The van der Waals surface area contributed by atoms with E-state index in [4.69, 9.17) is 12.2 Å². The molecule has 0 spiro atoms. The second-order valence-electron chi connectivity index (χ2n) is 4.54. The van der Waals surface area contributed by atoms with E-state index in [1.807, 2.05) is 24.3 Å². The molecular formula is C15H13FN2S. The zero-order valence-corrected chi connectivity index (χ0v) is 11.1. The molecule has 3 rings (SSSR count). The molecule has 0 saturated heterocycles. The van der Waals surface area contributed by atoms with Crippen LogP contribution in [0.1, 0.15) is 17.5 Å². The molecule has 19 heavy (non-hydrogen) atoms. The molecule has 1 aliphatic heterocycles. The Kier molecular flexibility index (Phi) is 3.25. The maximum absolute atomic E-state index is 13.5. The Labute approximate surface area is 116 Å². The molecule has 0 amide bonds. The number of nitrogens with one attached hydrogen (secondary N) is 1. The van der Waals surface area contributed by atoms with E-state index >= 15 is 0 Å². The Morgan fingerprint density at radius 2 is 2.16 bits per heavy atom. The number of aromatic nitrogens is 1. The predicted octanol–water partition coefficient (Wildman–Crippen LogP) is 3.90. The zero-order valence-electron chi connectivity index (χ0n) is 10.3. The highest BCUT2D eigenvalue weighted by molar-refractivity contribution is 7.80. The average Bonchev–Trinajstić information content (AvgIpc) is 2.46. The number of pyridine rings is 1. The molecule has 1 aromatic heterocycles. The summed E-state index contributed by atoms with van der Waals surface area (Å²) >= 11 is 5.17. The number of alkyl halides is 1. The molecule has 0 saturated carbocycles. The number of hydrogen-bond acceptors (Lipinski definition) is 2. The molecule has 96 valence electrons. The van der Waals surface area contributed by atoms with Gasteiger partial charge in [-0.25, -0.2) is 4.39 Å². The zero-order chi connectivity index (χ0) is 13.2. The molecule has 1 aromatic carbocycles. The minimum Gasteiger partial charge on any atom is -0.350 e. The third-order valence-corrected chi connectivity index (χ3v) is 3.72. The van der Waals surface area contributed by atoms with Crippen LogP contribution in [0.25, 0.3) is 11.1 Å². The van der Waals surface area contributed by atoms with Gasteiger partial charge in [0.25, 0.3) is 0 Å². The van der Waals surface area contributed by atoms with Crippen molar-refractivity contribution >= 4 is 22.9 Å². The number of hydrogen-bond donors (Lipinski definition) is 1. The van der Waals surface area contributed by atoms with Crippen molar-refractivity contribution < 1.29 is 4.39 Å². The fourth-order valence-electron chi connectivity index (χ4n) is 2.49. The summed E-state index contributed by atoms with van der Waals surface area (Å²) in [6.45, 7) is -0.470. The van der Waals surface area contributed by atoms with Gasteiger partial charge < -0.3 is 5.32 Å². The van der Waals surface area contributed by atoms with Gasteiger partial charge >= 0.3 is 0 Å². The molecule has 0 fully saturated rings. The number of benzene rings is 1. The lowest BCUT2D eigenvalue weighted by Crippen LogP contribution is -2.18. The van der Waals surface area contributed by atoms with E-state index in [1.165, 1.54) is 0 Å². The summed E-state index contributed by atoms with van der Waals surface area (Å²) in [6, 6.07) is 7.73. The van der Waals surface area contributed by atoms with Crippen molar-refractivity contribution in [2.24, 2.45) is 0 Å². The van der Waals surface area contributed by atoms with Crippen molar-refractivity contribution in [3.8, 4) is 11.1 Å². The first kappa shape index (κ1) is 12.2. The highest BCUT2D eigenvalue weighted by Gasteiger charge is 2.19. The largest absolute Gasteiger partial charge is 0.350 e. The van der Waals surface area contributed by atoms with Gasteiger partial charge in [-0.2, -0.15) is 0 Å². The maximum atomic E-state index is 13.5. The molecule has 1 N–H and O–H groups in total. The second-order valence-corrected chi connectivity index (χ2v) is 5.03. The monoisotopic (exact) mass is 272 g/mol. The van der Waals surface area contributed by atoms with Gasteiger partial charge in [0, 0.05) is 30.1 Å². The number of anilines is 1. The van der Waals surface area contributed by atoms with Crippen molar-refractivity contribution in [1.82, 2.24) is 4.98 Å². The van der Waals surface area contributed by atoms with Crippen LogP contribution in [-0.4, -0.2) is 9.97 Å². The summed E-state index contributed by atoms with van der Waals surface area (Å²) in [5.74, 6) is 0. The SMILES string of the molecule is FCc1c(-c2cccnc2)ccc2c1CCC(=S)N2. The lowest BCUT2D eigenvalue weighted by molar-refractivity contribution is 0.483. The molecule has 0 atom stereocenters. The lowest BCUT2D eigenvalue weighted by atomic mass is 9.91. The van der Waals surface area contributed by atoms with E-state index in [1.54, 1.807) is 12.4 Å². The third-order valence-electron chi connectivity index (χ3n) is 3.41. The molecule has 0 bridgehead atoms.